The maximum Gasteiger partial charge on any atom is 0.164 e. The quantitative estimate of drug-likeness (QED) is 0.0940. The fourth-order valence-electron chi connectivity index (χ4n) is 6.32. The zero-order valence-electron chi connectivity index (χ0n) is 29.7. The maximum atomic E-state index is 12.2. The van der Waals surface area contributed by atoms with Gasteiger partial charge in [-0.2, -0.15) is 0 Å². The van der Waals surface area contributed by atoms with Crippen LogP contribution in [0.2, 0.25) is 0 Å². The van der Waals surface area contributed by atoms with Gasteiger partial charge in [0.1, 0.15) is 28.8 Å². The first-order valence-corrected chi connectivity index (χ1v) is 16.8. The van der Waals surface area contributed by atoms with Crippen LogP contribution >= 0.6 is 0 Å². The van der Waals surface area contributed by atoms with E-state index in [-0.39, 0.29) is 42.5 Å². The van der Waals surface area contributed by atoms with Crippen molar-refractivity contribution in [2.24, 2.45) is 10.8 Å². The third-order valence-corrected chi connectivity index (χ3v) is 10.5. The van der Waals surface area contributed by atoms with Crippen LogP contribution in [-0.4, -0.2) is 20.9 Å². The Kier molecular flexibility index (Phi) is 11.3. The number of benzene rings is 4. The van der Waals surface area contributed by atoms with Crippen molar-refractivity contribution in [3.63, 3.8) is 0 Å². The topological polar surface area (TPSA) is 76.2 Å². The number of aromatic nitrogens is 2. The molecule has 0 spiro atoms. The van der Waals surface area contributed by atoms with E-state index in [1.807, 2.05) is 53.7 Å². The molecule has 48 heavy (non-hydrogen) atoms. The van der Waals surface area contributed by atoms with Gasteiger partial charge >= 0.3 is 0 Å². The molecule has 6 rings (SSSR count). The number of hydrogen-bond donors (Lipinski definition) is 1. The zero-order valence-corrected chi connectivity index (χ0v) is 32.1. The zero-order chi connectivity index (χ0) is 34.1. The number of aryl methyl sites for hydroxylation is 3. The fourth-order valence-corrected chi connectivity index (χ4v) is 6.32. The largest absolute Gasteiger partial charge is 0.512 e. The van der Waals surface area contributed by atoms with E-state index in [9.17, 15) is 9.90 Å². The molecule has 2 heterocycles. The number of fused-ring (bicyclic) bond motifs is 5. The molecular formula is C42H47IrN2O3-. The van der Waals surface area contributed by atoms with Gasteiger partial charge in [0.2, 0.25) is 0 Å². The molecule has 0 aliphatic carbocycles. The van der Waals surface area contributed by atoms with Gasteiger partial charge in [-0.15, -0.1) is 29.1 Å². The van der Waals surface area contributed by atoms with Crippen molar-refractivity contribution >= 4 is 49.4 Å². The molecule has 0 saturated carbocycles. The average molecular weight is 820 g/mol. The van der Waals surface area contributed by atoms with Gasteiger partial charge in [0.15, 0.2) is 5.78 Å². The van der Waals surface area contributed by atoms with Gasteiger partial charge in [-0.3, -0.25) is 9.78 Å². The normalized spacial score (nSPS) is 12.3. The first-order chi connectivity index (χ1) is 22.4. The number of nitrogens with zero attached hydrogens (tertiary/aromatic N) is 2. The van der Waals surface area contributed by atoms with Gasteiger partial charge in [0.05, 0.1) is 5.69 Å². The molecule has 0 unspecified atom stereocenters. The predicted molar refractivity (Wildman–Crippen MR) is 196 cm³/mol. The minimum Gasteiger partial charge on any atom is -0.512 e. The number of ketones is 1. The van der Waals surface area contributed by atoms with Crippen LogP contribution in [-0.2, 0) is 24.9 Å². The third-order valence-electron chi connectivity index (χ3n) is 10.5. The first kappa shape index (κ1) is 37.0. The van der Waals surface area contributed by atoms with Crippen molar-refractivity contribution < 1.29 is 34.4 Å². The minimum atomic E-state index is -0.337. The molecule has 6 heteroatoms. The second kappa shape index (κ2) is 14.7. The Bertz CT molecular complexity index is 2130. The fraction of sp³-hybridized carbons (Fsp3) is 0.357. The molecule has 0 atom stereocenters. The Morgan fingerprint density at radius 1 is 0.854 bits per heavy atom. The summed E-state index contributed by atoms with van der Waals surface area (Å²) in [5.74, 6) is 0.286. The van der Waals surface area contributed by atoms with E-state index >= 15 is 0 Å². The Morgan fingerprint density at radius 2 is 1.46 bits per heavy atom. The van der Waals surface area contributed by atoms with Crippen molar-refractivity contribution in [2.75, 3.05) is 0 Å². The molecule has 5 nitrogen and oxygen atoms in total. The standard InChI is InChI=1S/C27H19N2O.C15H28O2.Ir/c1-15-8-16(2)24-17(3)10-21(11-20(24)9-15)25-27-26(29-14-28-25)22-12-18-6-4-5-7-19(18)13-23(22)30-27;1-7-14(5,8-2)12(16)11-13(17)15(6,9-3)10-4;/h4-10,12-14H,1-3H3;11,16H,7-10H2,1-6H3;/q-1;;/b;12-11-;. The number of hydrogen-bond acceptors (Lipinski definition) is 5. The molecule has 1 radical (unpaired) electrons. The Balaban J connectivity index is 0.000000251. The van der Waals surface area contributed by atoms with Crippen LogP contribution in [0.1, 0.15) is 83.9 Å². The smallest absolute Gasteiger partial charge is 0.164 e. The predicted octanol–water partition coefficient (Wildman–Crippen LogP) is 11.7. The minimum absolute atomic E-state index is 0. The summed E-state index contributed by atoms with van der Waals surface area (Å²) in [6.45, 7) is 18.5. The number of furan rings is 1. The monoisotopic (exact) mass is 820 g/mol. The van der Waals surface area contributed by atoms with Crippen molar-refractivity contribution in [1.82, 2.24) is 9.97 Å². The van der Waals surface area contributed by atoms with Gasteiger partial charge in [0, 0.05) is 42.4 Å². The number of carbonyl (C=O) groups is 1. The molecular weight excluding hydrogens is 773 g/mol. The molecule has 2 aromatic heterocycles. The maximum absolute atomic E-state index is 12.2. The molecule has 6 aromatic rings. The summed E-state index contributed by atoms with van der Waals surface area (Å²) in [4.78, 5) is 21.3. The van der Waals surface area contributed by atoms with Gasteiger partial charge in [-0.05, 0) is 62.4 Å². The summed E-state index contributed by atoms with van der Waals surface area (Å²) >= 11 is 0. The summed E-state index contributed by atoms with van der Waals surface area (Å²) in [6.07, 6.45) is 6.38. The average Bonchev–Trinajstić information content (AvgIpc) is 3.43. The SMILES string of the molecule is CCC(C)(CC)C(=O)/C=C(\O)C(C)(CC)CC.Cc1cc(C)c2c(C)cc(-c3ncnc4c3oc3cc5ccccc5cc34)[c-]c2c1.[Ir]. The van der Waals surface area contributed by atoms with E-state index < -0.39 is 0 Å². The molecule has 0 aliphatic rings. The van der Waals surface area contributed by atoms with Crippen LogP contribution in [0, 0.1) is 37.7 Å². The summed E-state index contributed by atoms with van der Waals surface area (Å²) < 4.78 is 6.30. The summed E-state index contributed by atoms with van der Waals surface area (Å²) in [5.41, 5.74) is 7.21. The van der Waals surface area contributed by atoms with E-state index in [0.717, 1.165) is 64.2 Å². The molecule has 4 aromatic carbocycles. The summed E-state index contributed by atoms with van der Waals surface area (Å²) in [5, 5.41) is 15.8. The van der Waals surface area contributed by atoms with Crippen LogP contribution in [0.5, 0.6) is 0 Å². The van der Waals surface area contributed by atoms with Gasteiger partial charge in [-0.25, -0.2) is 4.98 Å². The molecule has 0 aliphatic heterocycles. The van der Waals surface area contributed by atoms with Crippen molar-refractivity contribution in [3.05, 3.63) is 95.5 Å². The van der Waals surface area contributed by atoms with Gasteiger partial charge < -0.3 is 9.52 Å². The summed E-state index contributed by atoms with van der Waals surface area (Å²) in [6, 6.07) is 22.7. The van der Waals surface area contributed by atoms with Crippen LogP contribution in [0.4, 0.5) is 0 Å². The van der Waals surface area contributed by atoms with Gasteiger partial charge in [0.25, 0.3) is 0 Å². The molecule has 0 saturated heterocycles. The first-order valence-electron chi connectivity index (χ1n) is 16.8. The number of aliphatic hydroxyl groups excluding tert-OH is 1. The van der Waals surface area contributed by atoms with E-state index in [0.29, 0.717) is 5.58 Å². The molecule has 253 valence electrons. The van der Waals surface area contributed by atoms with E-state index in [1.54, 1.807) is 6.33 Å². The molecule has 0 fully saturated rings. The van der Waals surface area contributed by atoms with Crippen molar-refractivity contribution in [2.45, 2.75) is 88.0 Å². The van der Waals surface area contributed by atoms with Crippen LogP contribution in [0.15, 0.2) is 77.2 Å². The Hall–Kier alpha value is -3.86. The Labute approximate surface area is 298 Å². The molecule has 0 bridgehead atoms. The van der Waals surface area contributed by atoms with E-state index in [2.05, 4.69) is 79.3 Å². The van der Waals surface area contributed by atoms with Crippen LogP contribution in [0.3, 0.4) is 0 Å². The Morgan fingerprint density at radius 3 is 2.08 bits per heavy atom. The summed E-state index contributed by atoms with van der Waals surface area (Å²) in [7, 11) is 0. The van der Waals surface area contributed by atoms with E-state index in [1.165, 1.54) is 33.5 Å². The number of rotatable bonds is 8. The number of aliphatic hydroxyl groups is 1. The third kappa shape index (κ3) is 6.97. The van der Waals surface area contributed by atoms with Crippen LogP contribution < -0.4 is 0 Å². The second-order valence-electron chi connectivity index (χ2n) is 13.5. The van der Waals surface area contributed by atoms with Crippen molar-refractivity contribution in [3.8, 4) is 11.3 Å². The van der Waals surface area contributed by atoms with Crippen molar-refractivity contribution in [1.29, 1.82) is 0 Å². The molecule has 0 amide bonds. The van der Waals surface area contributed by atoms with Crippen LogP contribution in [0.25, 0.3) is 54.9 Å². The number of allylic oxidation sites excluding steroid dienone is 2. The van der Waals surface area contributed by atoms with E-state index in [4.69, 9.17) is 4.42 Å². The van der Waals surface area contributed by atoms with Gasteiger partial charge in [-0.1, -0.05) is 101 Å². The second-order valence-corrected chi connectivity index (χ2v) is 13.5. The number of carbonyl (C=O) groups excluding carboxylic acids is 1. The molecule has 1 N–H and O–H groups in total.